The van der Waals surface area contributed by atoms with E-state index in [-0.39, 0.29) is 0 Å². The fourth-order valence-corrected chi connectivity index (χ4v) is 3.34. The van der Waals surface area contributed by atoms with Crippen molar-refractivity contribution < 1.29 is 4.74 Å². The molecule has 0 atom stereocenters. The van der Waals surface area contributed by atoms with Gasteiger partial charge in [0.15, 0.2) is 0 Å². The minimum Gasteiger partial charge on any atom is -0.496 e. The lowest BCUT2D eigenvalue weighted by atomic mass is 9.85. The number of aryl methyl sites for hydroxylation is 1. The lowest BCUT2D eigenvalue weighted by Crippen LogP contribution is -2.31. The molecule has 0 unspecified atom stereocenters. The van der Waals surface area contributed by atoms with Gasteiger partial charge < -0.3 is 10.1 Å². The zero-order chi connectivity index (χ0) is 15.6. The maximum Gasteiger partial charge on any atom is 0.125 e. The van der Waals surface area contributed by atoms with Crippen molar-refractivity contribution in [3.63, 3.8) is 0 Å². The van der Waals surface area contributed by atoms with Crippen LogP contribution in [0, 0.1) is 19.3 Å². The second-order valence-electron chi connectivity index (χ2n) is 7.13. The molecule has 0 aliphatic heterocycles. The van der Waals surface area contributed by atoms with Crippen LogP contribution in [0.1, 0.15) is 49.8 Å². The Kier molecular flexibility index (Phi) is 5.37. The number of benzene rings is 1. The first-order valence-electron chi connectivity index (χ1n) is 7.90. The third-order valence-corrected chi connectivity index (χ3v) is 5.31. The van der Waals surface area contributed by atoms with Crippen LogP contribution in [0.5, 0.6) is 5.75 Å². The Hall–Kier alpha value is -0.540. The maximum absolute atomic E-state index is 5.65. The molecule has 2 nitrogen and oxygen atoms in total. The highest BCUT2D eigenvalue weighted by Gasteiger charge is 2.25. The van der Waals surface area contributed by atoms with Crippen molar-refractivity contribution in [1.29, 1.82) is 0 Å². The summed E-state index contributed by atoms with van der Waals surface area (Å²) in [6.07, 6.45) is 4.94. The smallest absolute Gasteiger partial charge is 0.125 e. The number of ether oxygens (including phenoxy) is 1. The molecule has 3 heteroatoms. The standard InChI is InChI=1S/C18H28BrNO/c1-12-10-16(19)13(2)15(17(12)21-5)8-9-18(3,4)11-20-14-6-7-14/h10,14,20H,6-9,11H2,1-5H3. The van der Waals surface area contributed by atoms with Crippen LogP contribution < -0.4 is 10.1 Å². The average molecular weight is 354 g/mol. The van der Waals surface area contributed by atoms with E-state index in [2.05, 4.69) is 55.0 Å². The van der Waals surface area contributed by atoms with Gasteiger partial charge in [-0.15, -0.1) is 0 Å². The second-order valence-corrected chi connectivity index (χ2v) is 7.99. The SMILES string of the molecule is COc1c(C)cc(Br)c(C)c1CCC(C)(C)CNC1CC1. The van der Waals surface area contributed by atoms with Crippen molar-refractivity contribution in [2.24, 2.45) is 5.41 Å². The molecule has 0 heterocycles. The zero-order valence-electron chi connectivity index (χ0n) is 14.0. The Morgan fingerprint density at radius 1 is 1.33 bits per heavy atom. The van der Waals surface area contributed by atoms with E-state index in [0.29, 0.717) is 5.41 Å². The number of methoxy groups -OCH3 is 1. The van der Waals surface area contributed by atoms with Crippen molar-refractivity contribution in [1.82, 2.24) is 5.32 Å². The minimum atomic E-state index is 0.316. The van der Waals surface area contributed by atoms with E-state index >= 15 is 0 Å². The highest BCUT2D eigenvalue weighted by molar-refractivity contribution is 9.10. The Morgan fingerprint density at radius 2 is 2.00 bits per heavy atom. The molecule has 1 fully saturated rings. The van der Waals surface area contributed by atoms with Crippen LogP contribution in [-0.4, -0.2) is 19.7 Å². The summed E-state index contributed by atoms with van der Waals surface area (Å²) in [5.41, 5.74) is 4.18. The van der Waals surface area contributed by atoms with Crippen molar-refractivity contribution in [2.45, 2.75) is 59.4 Å². The topological polar surface area (TPSA) is 21.3 Å². The molecule has 0 spiro atoms. The van der Waals surface area contributed by atoms with Gasteiger partial charge in [-0.25, -0.2) is 0 Å². The molecular weight excluding hydrogens is 326 g/mol. The van der Waals surface area contributed by atoms with Gasteiger partial charge in [-0.3, -0.25) is 0 Å². The number of hydrogen-bond acceptors (Lipinski definition) is 2. The van der Waals surface area contributed by atoms with Crippen molar-refractivity contribution in [3.8, 4) is 5.75 Å². The van der Waals surface area contributed by atoms with Crippen LogP contribution in [0.3, 0.4) is 0 Å². The van der Waals surface area contributed by atoms with E-state index in [1.165, 1.54) is 40.4 Å². The summed E-state index contributed by atoms with van der Waals surface area (Å²) in [4.78, 5) is 0. The summed E-state index contributed by atoms with van der Waals surface area (Å²) in [7, 11) is 1.78. The lowest BCUT2D eigenvalue weighted by Gasteiger charge is -2.26. The third-order valence-electron chi connectivity index (χ3n) is 4.49. The highest BCUT2D eigenvalue weighted by Crippen LogP contribution is 2.35. The van der Waals surface area contributed by atoms with Crippen LogP contribution in [0.4, 0.5) is 0 Å². The molecule has 0 amide bonds. The largest absolute Gasteiger partial charge is 0.496 e. The van der Waals surface area contributed by atoms with Gasteiger partial charge in [-0.1, -0.05) is 29.8 Å². The molecule has 1 N–H and O–H groups in total. The summed E-state index contributed by atoms with van der Waals surface area (Å²) < 4.78 is 6.83. The highest BCUT2D eigenvalue weighted by atomic mass is 79.9. The molecule has 1 saturated carbocycles. The van der Waals surface area contributed by atoms with Gasteiger partial charge >= 0.3 is 0 Å². The van der Waals surface area contributed by atoms with Crippen molar-refractivity contribution in [2.75, 3.05) is 13.7 Å². The van der Waals surface area contributed by atoms with Gasteiger partial charge in [0.2, 0.25) is 0 Å². The predicted molar refractivity (Wildman–Crippen MR) is 93.3 cm³/mol. The molecule has 1 aromatic rings. The molecule has 2 rings (SSSR count). The van der Waals surface area contributed by atoms with Gasteiger partial charge in [-0.2, -0.15) is 0 Å². The van der Waals surface area contributed by atoms with Crippen LogP contribution in [0.2, 0.25) is 0 Å². The number of rotatable bonds is 7. The Bertz CT molecular complexity index is 506. The van der Waals surface area contributed by atoms with Gasteiger partial charge in [0, 0.05) is 17.1 Å². The molecular formula is C18H28BrNO. The summed E-state index contributed by atoms with van der Waals surface area (Å²) in [5, 5.41) is 3.66. The van der Waals surface area contributed by atoms with E-state index < -0.39 is 0 Å². The fraction of sp³-hybridized carbons (Fsp3) is 0.667. The molecule has 118 valence electrons. The summed E-state index contributed by atoms with van der Waals surface area (Å²) in [6, 6.07) is 2.94. The van der Waals surface area contributed by atoms with Crippen molar-refractivity contribution >= 4 is 15.9 Å². The quantitative estimate of drug-likeness (QED) is 0.760. The Balaban J connectivity index is 2.07. The maximum atomic E-state index is 5.65. The van der Waals surface area contributed by atoms with Crippen LogP contribution >= 0.6 is 15.9 Å². The molecule has 0 aromatic heterocycles. The Morgan fingerprint density at radius 3 is 2.57 bits per heavy atom. The minimum absolute atomic E-state index is 0.316. The molecule has 0 radical (unpaired) electrons. The first-order chi connectivity index (χ1) is 9.84. The predicted octanol–water partition coefficient (Wildman–Crippen LogP) is 4.79. The normalized spacial score (nSPS) is 15.3. The monoisotopic (exact) mass is 353 g/mol. The van der Waals surface area contributed by atoms with E-state index in [0.717, 1.165) is 24.8 Å². The van der Waals surface area contributed by atoms with Gasteiger partial charge in [0.25, 0.3) is 0 Å². The van der Waals surface area contributed by atoms with E-state index in [9.17, 15) is 0 Å². The van der Waals surface area contributed by atoms with Crippen LogP contribution in [-0.2, 0) is 6.42 Å². The first kappa shape index (κ1) is 16.8. The zero-order valence-corrected chi connectivity index (χ0v) is 15.6. The summed E-state index contributed by atoms with van der Waals surface area (Å²) >= 11 is 3.67. The van der Waals surface area contributed by atoms with E-state index in [1.807, 2.05) is 0 Å². The molecule has 21 heavy (non-hydrogen) atoms. The summed E-state index contributed by atoms with van der Waals surface area (Å²) in [5.74, 6) is 1.06. The number of nitrogens with one attached hydrogen (secondary N) is 1. The third kappa shape index (κ3) is 4.46. The molecule has 0 saturated heterocycles. The molecule has 1 aromatic carbocycles. The molecule has 0 bridgehead atoms. The van der Waals surface area contributed by atoms with Crippen LogP contribution in [0.15, 0.2) is 10.5 Å². The van der Waals surface area contributed by atoms with E-state index in [4.69, 9.17) is 4.74 Å². The summed E-state index contributed by atoms with van der Waals surface area (Å²) in [6.45, 7) is 10.1. The number of hydrogen-bond donors (Lipinski definition) is 1. The average Bonchev–Trinajstić information content (AvgIpc) is 3.23. The van der Waals surface area contributed by atoms with Crippen LogP contribution in [0.25, 0.3) is 0 Å². The number of halogens is 1. The Labute approximate surface area is 137 Å². The van der Waals surface area contributed by atoms with Crippen molar-refractivity contribution in [3.05, 3.63) is 27.2 Å². The van der Waals surface area contributed by atoms with E-state index in [1.54, 1.807) is 7.11 Å². The molecule has 1 aliphatic rings. The molecule has 1 aliphatic carbocycles. The second kappa shape index (κ2) is 6.70. The van der Waals surface area contributed by atoms with Gasteiger partial charge in [0.1, 0.15) is 5.75 Å². The lowest BCUT2D eigenvalue weighted by molar-refractivity contribution is 0.310. The van der Waals surface area contributed by atoms with Gasteiger partial charge in [0.05, 0.1) is 7.11 Å². The first-order valence-corrected chi connectivity index (χ1v) is 8.69. The fourth-order valence-electron chi connectivity index (χ4n) is 2.76. The van der Waals surface area contributed by atoms with Gasteiger partial charge in [-0.05, 0) is 67.7 Å².